The first kappa shape index (κ1) is 21.2. The molecule has 3 aromatic rings. The molecule has 1 amide bonds. The van der Waals surface area contributed by atoms with Gasteiger partial charge in [0.25, 0.3) is 5.91 Å². The Bertz CT molecular complexity index is 1180. The van der Waals surface area contributed by atoms with E-state index in [0.29, 0.717) is 12.5 Å². The molecule has 2 aromatic carbocycles. The van der Waals surface area contributed by atoms with Crippen molar-refractivity contribution in [1.29, 1.82) is 0 Å². The van der Waals surface area contributed by atoms with Crippen molar-refractivity contribution in [1.82, 2.24) is 19.4 Å². The highest BCUT2D eigenvalue weighted by atomic mass is 16.7. The molecule has 34 heavy (non-hydrogen) atoms. The summed E-state index contributed by atoms with van der Waals surface area (Å²) in [5.74, 6) is 2.65. The summed E-state index contributed by atoms with van der Waals surface area (Å²) in [6.45, 7) is 5.21. The molecule has 7 heteroatoms. The zero-order chi connectivity index (χ0) is 22.9. The number of carbonyl (C=O) groups excluding carboxylic acids is 1. The lowest BCUT2D eigenvalue weighted by Crippen LogP contribution is -2.48. The van der Waals surface area contributed by atoms with Crippen LogP contribution in [0.15, 0.2) is 48.5 Å². The second kappa shape index (κ2) is 9.14. The summed E-state index contributed by atoms with van der Waals surface area (Å²) >= 11 is 0. The van der Waals surface area contributed by atoms with Gasteiger partial charge in [0.1, 0.15) is 11.5 Å². The fourth-order valence-electron chi connectivity index (χ4n) is 5.26. The van der Waals surface area contributed by atoms with E-state index in [2.05, 4.69) is 33.7 Å². The number of hydrogen-bond donors (Lipinski definition) is 0. The zero-order valence-corrected chi connectivity index (χ0v) is 19.4. The standard InChI is InChI=1S/C27H30N4O3/c32-27(25-22-9-5-2-6-12-31(22)26(28-25)21-7-3-1-4-8-21)30-15-13-29(14-16-30)18-20-10-11-23-24(17-20)34-19-33-23/h1,3-4,7-8,10-11,17H,2,5-6,9,12-16,18-19H2. The normalized spacial score (nSPS) is 17.9. The Kier molecular flexibility index (Phi) is 5.71. The third kappa shape index (κ3) is 4.05. The molecule has 0 N–H and O–H groups in total. The first-order valence-electron chi connectivity index (χ1n) is 12.3. The van der Waals surface area contributed by atoms with Gasteiger partial charge < -0.3 is 18.9 Å². The maximum Gasteiger partial charge on any atom is 0.274 e. The van der Waals surface area contributed by atoms with Crippen LogP contribution >= 0.6 is 0 Å². The van der Waals surface area contributed by atoms with Crippen molar-refractivity contribution in [3.63, 3.8) is 0 Å². The summed E-state index contributed by atoms with van der Waals surface area (Å²) in [5, 5.41) is 0. The van der Waals surface area contributed by atoms with Crippen LogP contribution in [0.3, 0.4) is 0 Å². The van der Waals surface area contributed by atoms with E-state index in [1.807, 2.05) is 29.2 Å². The predicted octanol–water partition coefficient (Wildman–Crippen LogP) is 3.96. The smallest absolute Gasteiger partial charge is 0.274 e. The molecule has 4 heterocycles. The molecule has 0 saturated carbocycles. The van der Waals surface area contributed by atoms with Gasteiger partial charge in [0, 0.05) is 44.8 Å². The number of aromatic nitrogens is 2. The summed E-state index contributed by atoms with van der Waals surface area (Å²) in [4.78, 5) is 22.9. The minimum atomic E-state index is 0.0792. The molecule has 0 unspecified atom stereocenters. The van der Waals surface area contributed by atoms with Gasteiger partial charge in [-0.1, -0.05) is 42.8 Å². The number of rotatable bonds is 4. The van der Waals surface area contributed by atoms with Gasteiger partial charge in [-0.25, -0.2) is 4.98 Å². The molecule has 1 saturated heterocycles. The molecular weight excluding hydrogens is 428 g/mol. The van der Waals surface area contributed by atoms with Gasteiger partial charge in [-0.3, -0.25) is 9.69 Å². The highest BCUT2D eigenvalue weighted by molar-refractivity contribution is 5.94. The minimum Gasteiger partial charge on any atom is -0.454 e. The highest BCUT2D eigenvalue weighted by Gasteiger charge is 2.29. The molecule has 0 spiro atoms. The second-order valence-corrected chi connectivity index (χ2v) is 9.31. The lowest BCUT2D eigenvalue weighted by Gasteiger charge is -2.34. The SMILES string of the molecule is O=C(c1nc(-c2ccccc2)n2c1CCCCC2)N1CCN(Cc2ccc3c(c2)OCO3)CC1. The van der Waals surface area contributed by atoms with Crippen LogP contribution in [0.25, 0.3) is 11.4 Å². The molecule has 0 radical (unpaired) electrons. The number of imidazole rings is 1. The molecule has 1 aromatic heterocycles. The predicted molar refractivity (Wildman–Crippen MR) is 129 cm³/mol. The number of hydrogen-bond acceptors (Lipinski definition) is 5. The summed E-state index contributed by atoms with van der Waals surface area (Å²) in [6, 6.07) is 16.4. The largest absolute Gasteiger partial charge is 0.454 e. The van der Waals surface area contributed by atoms with Crippen molar-refractivity contribution >= 4 is 5.91 Å². The lowest BCUT2D eigenvalue weighted by molar-refractivity contribution is 0.0622. The molecule has 0 aliphatic carbocycles. The monoisotopic (exact) mass is 458 g/mol. The maximum absolute atomic E-state index is 13.6. The average molecular weight is 459 g/mol. The summed E-state index contributed by atoms with van der Waals surface area (Å²) in [7, 11) is 0. The van der Waals surface area contributed by atoms with Crippen molar-refractivity contribution in [3.8, 4) is 22.9 Å². The first-order valence-corrected chi connectivity index (χ1v) is 12.3. The van der Waals surface area contributed by atoms with Crippen LogP contribution in [0, 0.1) is 0 Å². The number of amides is 1. The van der Waals surface area contributed by atoms with Gasteiger partial charge in [-0.15, -0.1) is 0 Å². The van der Waals surface area contributed by atoms with Gasteiger partial charge in [-0.2, -0.15) is 0 Å². The Morgan fingerprint density at radius 2 is 1.71 bits per heavy atom. The second-order valence-electron chi connectivity index (χ2n) is 9.31. The molecule has 0 bridgehead atoms. The van der Waals surface area contributed by atoms with Crippen LogP contribution in [0.5, 0.6) is 11.5 Å². The molecular formula is C27H30N4O3. The third-order valence-electron chi connectivity index (χ3n) is 7.11. The van der Waals surface area contributed by atoms with Crippen LogP contribution < -0.4 is 9.47 Å². The van der Waals surface area contributed by atoms with Gasteiger partial charge in [0.15, 0.2) is 11.5 Å². The van der Waals surface area contributed by atoms with Crippen LogP contribution in [0.1, 0.15) is 41.0 Å². The average Bonchev–Trinajstić information content (AvgIpc) is 3.41. The Morgan fingerprint density at radius 1 is 0.882 bits per heavy atom. The van der Waals surface area contributed by atoms with E-state index < -0.39 is 0 Å². The van der Waals surface area contributed by atoms with Crippen LogP contribution in [0.4, 0.5) is 0 Å². The molecule has 3 aliphatic heterocycles. The summed E-state index contributed by atoms with van der Waals surface area (Å²) in [5.41, 5.74) is 4.06. The fraction of sp³-hybridized carbons (Fsp3) is 0.407. The maximum atomic E-state index is 13.6. The van der Waals surface area contributed by atoms with E-state index in [-0.39, 0.29) is 5.91 Å². The quantitative estimate of drug-likeness (QED) is 0.592. The van der Waals surface area contributed by atoms with Crippen LogP contribution in [-0.2, 0) is 19.5 Å². The van der Waals surface area contributed by atoms with Gasteiger partial charge in [0.05, 0.1) is 5.69 Å². The van der Waals surface area contributed by atoms with Crippen molar-refractivity contribution < 1.29 is 14.3 Å². The topological polar surface area (TPSA) is 59.8 Å². The van der Waals surface area contributed by atoms with E-state index >= 15 is 0 Å². The number of fused-ring (bicyclic) bond motifs is 2. The third-order valence-corrected chi connectivity index (χ3v) is 7.11. The molecule has 1 fully saturated rings. The van der Waals surface area contributed by atoms with E-state index in [9.17, 15) is 4.79 Å². The number of benzene rings is 2. The van der Waals surface area contributed by atoms with Gasteiger partial charge >= 0.3 is 0 Å². The zero-order valence-electron chi connectivity index (χ0n) is 19.4. The van der Waals surface area contributed by atoms with E-state index in [4.69, 9.17) is 14.5 Å². The number of carbonyl (C=O) groups is 1. The van der Waals surface area contributed by atoms with E-state index in [0.717, 1.165) is 87.1 Å². The van der Waals surface area contributed by atoms with Crippen LogP contribution in [-0.4, -0.2) is 58.2 Å². The molecule has 6 rings (SSSR count). The van der Waals surface area contributed by atoms with Crippen molar-refractivity contribution in [2.75, 3.05) is 33.0 Å². The van der Waals surface area contributed by atoms with Gasteiger partial charge in [0.2, 0.25) is 6.79 Å². The Hall–Kier alpha value is -3.32. The molecule has 0 atom stereocenters. The van der Waals surface area contributed by atoms with Gasteiger partial charge in [-0.05, 0) is 37.0 Å². The van der Waals surface area contributed by atoms with Crippen molar-refractivity contribution in [2.24, 2.45) is 0 Å². The Balaban J connectivity index is 1.17. The molecule has 3 aliphatic rings. The Morgan fingerprint density at radius 3 is 2.56 bits per heavy atom. The number of piperazine rings is 1. The van der Waals surface area contributed by atoms with E-state index in [1.165, 1.54) is 12.0 Å². The Labute approximate surface area is 199 Å². The first-order chi connectivity index (χ1) is 16.8. The number of nitrogens with zero attached hydrogens (tertiary/aromatic N) is 4. The van der Waals surface area contributed by atoms with Crippen LogP contribution in [0.2, 0.25) is 0 Å². The number of ether oxygens (including phenoxy) is 2. The van der Waals surface area contributed by atoms with Crippen molar-refractivity contribution in [2.45, 2.75) is 38.8 Å². The summed E-state index contributed by atoms with van der Waals surface area (Å²) < 4.78 is 13.2. The summed E-state index contributed by atoms with van der Waals surface area (Å²) in [6.07, 6.45) is 4.37. The minimum absolute atomic E-state index is 0.0792. The highest BCUT2D eigenvalue weighted by Crippen LogP contribution is 2.33. The molecule has 176 valence electrons. The van der Waals surface area contributed by atoms with Crippen molar-refractivity contribution in [3.05, 3.63) is 65.5 Å². The lowest BCUT2D eigenvalue weighted by atomic mass is 10.1. The molecule has 7 nitrogen and oxygen atoms in total. The van der Waals surface area contributed by atoms with E-state index in [1.54, 1.807) is 0 Å². The fourth-order valence-corrected chi connectivity index (χ4v) is 5.26.